The molecule has 2 amide bonds. The predicted octanol–water partition coefficient (Wildman–Crippen LogP) is 2.11. The number of ether oxygens (including phenoxy) is 1. The molecule has 0 fully saturated rings. The van der Waals surface area contributed by atoms with Crippen molar-refractivity contribution in [3.63, 3.8) is 0 Å². The van der Waals surface area contributed by atoms with Gasteiger partial charge in [0.2, 0.25) is 5.91 Å². The summed E-state index contributed by atoms with van der Waals surface area (Å²) >= 11 is 0. The van der Waals surface area contributed by atoms with Gasteiger partial charge in [-0.1, -0.05) is 30.3 Å². The molecule has 0 bridgehead atoms. The third-order valence-corrected chi connectivity index (χ3v) is 6.28. The molecule has 3 rings (SSSR count). The predicted molar refractivity (Wildman–Crippen MR) is 98.8 cm³/mol. The van der Waals surface area contributed by atoms with Crippen molar-refractivity contribution in [1.82, 2.24) is 9.62 Å². The van der Waals surface area contributed by atoms with Crippen LogP contribution in [-0.4, -0.2) is 38.2 Å². The first kappa shape index (κ1) is 18.9. The fourth-order valence-electron chi connectivity index (χ4n) is 3.07. The molecule has 2 aromatic carbocycles. The molecule has 1 heterocycles. The molecule has 0 aromatic heterocycles. The molecule has 0 saturated heterocycles. The first-order valence-electron chi connectivity index (χ1n) is 8.44. The van der Waals surface area contributed by atoms with Crippen LogP contribution in [0.15, 0.2) is 53.4 Å². The Bertz CT molecular complexity index is 987. The average Bonchev–Trinajstić information content (AvgIpc) is 2.86. The summed E-state index contributed by atoms with van der Waals surface area (Å²) in [6, 6.07) is 13.0. The lowest BCUT2D eigenvalue weighted by Crippen LogP contribution is -2.35. The smallest absolute Gasteiger partial charge is 0.269 e. The van der Waals surface area contributed by atoms with Crippen LogP contribution in [0.2, 0.25) is 0 Å². The van der Waals surface area contributed by atoms with Gasteiger partial charge in [-0.05, 0) is 25.1 Å². The van der Waals surface area contributed by atoms with Crippen LogP contribution in [0.4, 0.5) is 0 Å². The van der Waals surface area contributed by atoms with Gasteiger partial charge in [0.05, 0.1) is 18.7 Å². The van der Waals surface area contributed by atoms with E-state index < -0.39 is 15.9 Å². The summed E-state index contributed by atoms with van der Waals surface area (Å²) in [5.74, 6) is -0.304. The first-order chi connectivity index (χ1) is 12.9. The Kier molecular flexibility index (Phi) is 5.18. The SMILES string of the molecule is COc1ccccc1[C@H](C)NC(=O)CCN1C(=O)c2ccccc2S1(=O)=O. The summed E-state index contributed by atoms with van der Waals surface area (Å²) in [4.78, 5) is 24.6. The Hall–Kier alpha value is -2.87. The van der Waals surface area contributed by atoms with Crippen molar-refractivity contribution < 1.29 is 22.7 Å². The minimum atomic E-state index is -3.90. The highest BCUT2D eigenvalue weighted by Crippen LogP contribution is 2.30. The van der Waals surface area contributed by atoms with E-state index in [2.05, 4.69) is 5.32 Å². The molecule has 1 atom stereocenters. The quantitative estimate of drug-likeness (QED) is 0.818. The number of fused-ring (bicyclic) bond motifs is 1. The average molecular weight is 388 g/mol. The third-order valence-electron chi connectivity index (χ3n) is 4.44. The summed E-state index contributed by atoms with van der Waals surface area (Å²) < 4.78 is 31.0. The first-order valence-corrected chi connectivity index (χ1v) is 9.88. The van der Waals surface area contributed by atoms with Crippen LogP contribution in [0.25, 0.3) is 0 Å². The second-order valence-electron chi connectivity index (χ2n) is 6.16. The molecule has 0 aliphatic carbocycles. The van der Waals surface area contributed by atoms with E-state index in [1.807, 2.05) is 25.1 Å². The molecular weight excluding hydrogens is 368 g/mol. The van der Waals surface area contributed by atoms with E-state index in [0.717, 1.165) is 9.87 Å². The van der Waals surface area contributed by atoms with Crippen molar-refractivity contribution >= 4 is 21.8 Å². The highest BCUT2D eigenvalue weighted by molar-refractivity contribution is 7.90. The molecule has 142 valence electrons. The van der Waals surface area contributed by atoms with Crippen molar-refractivity contribution in [2.24, 2.45) is 0 Å². The van der Waals surface area contributed by atoms with Crippen LogP contribution in [0.1, 0.15) is 35.3 Å². The summed E-state index contributed by atoms with van der Waals surface area (Å²) in [7, 11) is -2.35. The second-order valence-corrected chi connectivity index (χ2v) is 7.99. The maximum absolute atomic E-state index is 12.5. The number of carbonyl (C=O) groups is 2. The van der Waals surface area contributed by atoms with Gasteiger partial charge in [0.1, 0.15) is 10.6 Å². The number of rotatable bonds is 6. The Morgan fingerprint density at radius 3 is 2.52 bits per heavy atom. The number of methoxy groups -OCH3 is 1. The Labute approximate surface area is 158 Å². The summed E-state index contributed by atoms with van der Waals surface area (Å²) in [5.41, 5.74) is 0.950. The number of amides is 2. The fourth-order valence-corrected chi connectivity index (χ4v) is 4.64. The van der Waals surface area contributed by atoms with E-state index in [-0.39, 0.29) is 35.4 Å². The van der Waals surface area contributed by atoms with Crippen LogP contribution in [0, 0.1) is 0 Å². The number of para-hydroxylation sites is 1. The maximum atomic E-state index is 12.5. The maximum Gasteiger partial charge on any atom is 0.269 e. The zero-order valence-corrected chi connectivity index (χ0v) is 15.8. The Morgan fingerprint density at radius 2 is 1.81 bits per heavy atom. The van der Waals surface area contributed by atoms with Gasteiger partial charge in [-0.15, -0.1) is 0 Å². The molecule has 0 unspecified atom stereocenters. The van der Waals surface area contributed by atoms with Crippen LogP contribution in [0.5, 0.6) is 5.75 Å². The molecule has 1 aliphatic heterocycles. The topological polar surface area (TPSA) is 92.8 Å². The van der Waals surface area contributed by atoms with Gasteiger partial charge in [0, 0.05) is 18.5 Å². The lowest BCUT2D eigenvalue weighted by molar-refractivity contribution is -0.121. The Balaban J connectivity index is 1.66. The highest BCUT2D eigenvalue weighted by atomic mass is 32.2. The van der Waals surface area contributed by atoms with E-state index in [4.69, 9.17) is 4.74 Å². The molecule has 7 nitrogen and oxygen atoms in total. The van der Waals surface area contributed by atoms with E-state index in [0.29, 0.717) is 5.75 Å². The van der Waals surface area contributed by atoms with E-state index in [9.17, 15) is 18.0 Å². The van der Waals surface area contributed by atoms with Gasteiger partial charge in [-0.2, -0.15) is 0 Å². The molecule has 2 aromatic rings. The van der Waals surface area contributed by atoms with Crippen molar-refractivity contribution in [2.45, 2.75) is 24.3 Å². The largest absolute Gasteiger partial charge is 0.496 e. The van der Waals surface area contributed by atoms with E-state index in [1.165, 1.54) is 12.1 Å². The van der Waals surface area contributed by atoms with Gasteiger partial charge in [-0.25, -0.2) is 12.7 Å². The normalized spacial score (nSPS) is 15.9. The van der Waals surface area contributed by atoms with E-state index in [1.54, 1.807) is 25.3 Å². The van der Waals surface area contributed by atoms with Crippen molar-refractivity contribution in [3.05, 3.63) is 59.7 Å². The van der Waals surface area contributed by atoms with Gasteiger partial charge in [0.25, 0.3) is 15.9 Å². The molecular formula is C19H20N2O5S. The van der Waals surface area contributed by atoms with Crippen LogP contribution < -0.4 is 10.1 Å². The zero-order chi connectivity index (χ0) is 19.6. The molecule has 0 saturated carbocycles. The fraction of sp³-hybridized carbons (Fsp3) is 0.263. The Morgan fingerprint density at radius 1 is 1.15 bits per heavy atom. The zero-order valence-electron chi connectivity index (χ0n) is 15.0. The minimum absolute atomic E-state index is 0.0159. The number of nitrogens with one attached hydrogen (secondary N) is 1. The van der Waals surface area contributed by atoms with Gasteiger partial charge in [-0.3, -0.25) is 9.59 Å². The molecule has 0 spiro atoms. The summed E-state index contributed by atoms with van der Waals surface area (Å²) in [5, 5.41) is 2.81. The number of nitrogens with zero attached hydrogens (tertiary/aromatic N) is 1. The number of benzene rings is 2. The van der Waals surface area contributed by atoms with Crippen LogP contribution >= 0.6 is 0 Å². The lowest BCUT2D eigenvalue weighted by atomic mass is 10.1. The molecule has 8 heteroatoms. The van der Waals surface area contributed by atoms with Crippen molar-refractivity contribution in [3.8, 4) is 5.75 Å². The summed E-state index contributed by atoms with van der Waals surface area (Å²) in [6.45, 7) is 1.60. The van der Waals surface area contributed by atoms with Crippen molar-refractivity contribution in [1.29, 1.82) is 0 Å². The van der Waals surface area contributed by atoms with Gasteiger partial charge >= 0.3 is 0 Å². The molecule has 1 aliphatic rings. The molecule has 1 N–H and O–H groups in total. The monoisotopic (exact) mass is 388 g/mol. The standard InChI is InChI=1S/C19H20N2O5S/c1-13(14-7-3-5-9-16(14)26-2)20-18(22)11-12-21-19(23)15-8-4-6-10-17(15)27(21,24)25/h3-10,13H,11-12H2,1-2H3,(H,20,22)/t13-/m0/s1. The van der Waals surface area contributed by atoms with E-state index >= 15 is 0 Å². The number of sulfonamides is 1. The number of hydrogen-bond acceptors (Lipinski definition) is 5. The van der Waals surface area contributed by atoms with Gasteiger partial charge in [0.15, 0.2) is 0 Å². The lowest BCUT2D eigenvalue weighted by Gasteiger charge is -2.19. The van der Waals surface area contributed by atoms with Crippen LogP contribution in [0.3, 0.4) is 0 Å². The highest BCUT2D eigenvalue weighted by Gasteiger charge is 2.40. The number of hydrogen-bond donors (Lipinski definition) is 1. The van der Waals surface area contributed by atoms with Crippen molar-refractivity contribution in [2.75, 3.05) is 13.7 Å². The van der Waals surface area contributed by atoms with Gasteiger partial charge < -0.3 is 10.1 Å². The second kappa shape index (κ2) is 7.40. The molecule has 27 heavy (non-hydrogen) atoms. The number of carbonyl (C=O) groups excluding carboxylic acids is 2. The van der Waals surface area contributed by atoms with Crippen LogP contribution in [-0.2, 0) is 14.8 Å². The molecule has 0 radical (unpaired) electrons. The third kappa shape index (κ3) is 3.52. The minimum Gasteiger partial charge on any atom is -0.496 e. The summed E-state index contributed by atoms with van der Waals surface area (Å²) in [6.07, 6.45) is -0.127.